The molecule has 0 radical (unpaired) electrons. The molecule has 0 spiro atoms. The summed E-state index contributed by atoms with van der Waals surface area (Å²) >= 11 is 5.51. The van der Waals surface area contributed by atoms with Crippen LogP contribution in [0.2, 0.25) is 0 Å². The fraction of sp³-hybridized carbons (Fsp3) is 1.00. The Morgan fingerprint density at radius 3 is 2.56 bits per heavy atom. The molecule has 0 aliphatic heterocycles. The Morgan fingerprint density at radius 2 is 2.11 bits per heavy atom. The van der Waals surface area contributed by atoms with Crippen molar-refractivity contribution in [3.05, 3.63) is 0 Å². The van der Waals surface area contributed by atoms with Crippen molar-refractivity contribution in [2.24, 2.45) is 5.92 Å². The summed E-state index contributed by atoms with van der Waals surface area (Å²) in [6, 6.07) is 0. The van der Waals surface area contributed by atoms with Gasteiger partial charge in [-0.25, -0.2) is 0 Å². The zero-order chi connectivity index (χ0) is 7.11. The van der Waals surface area contributed by atoms with E-state index in [0.29, 0.717) is 12.5 Å². The maximum atomic E-state index is 8.45. The van der Waals surface area contributed by atoms with Gasteiger partial charge in [-0.15, -0.1) is 11.6 Å². The molecule has 1 unspecified atom stereocenters. The second-order valence-electron chi connectivity index (χ2n) is 2.45. The molecule has 0 amide bonds. The highest BCUT2D eigenvalue weighted by Crippen LogP contribution is 2.09. The van der Waals surface area contributed by atoms with Gasteiger partial charge in [-0.3, -0.25) is 0 Å². The van der Waals surface area contributed by atoms with Gasteiger partial charge >= 0.3 is 0 Å². The monoisotopic (exact) mass is 150 g/mol. The Kier molecular flexibility index (Phi) is 6.55. The molecule has 0 rings (SSSR count). The van der Waals surface area contributed by atoms with Crippen molar-refractivity contribution in [3.63, 3.8) is 0 Å². The van der Waals surface area contributed by atoms with Gasteiger partial charge in [-0.05, 0) is 25.2 Å². The van der Waals surface area contributed by atoms with Gasteiger partial charge in [-0.1, -0.05) is 6.92 Å². The summed E-state index contributed by atoms with van der Waals surface area (Å²) in [5.41, 5.74) is 0. The van der Waals surface area contributed by atoms with Gasteiger partial charge < -0.3 is 5.11 Å². The molecule has 0 aliphatic carbocycles. The Bertz CT molecular complexity index is 56.9. The van der Waals surface area contributed by atoms with Gasteiger partial charge in [0.05, 0.1) is 0 Å². The quantitative estimate of drug-likeness (QED) is 0.595. The van der Waals surface area contributed by atoms with E-state index < -0.39 is 0 Å². The minimum atomic E-state index is 0.312. The number of alkyl halides is 1. The number of aliphatic hydroxyl groups excluding tert-OH is 1. The van der Waals surface area contributed by atoms with Crippen LogP contribution in [0.15, 0.2) is 0 Å². The molecule has 0 fully saturated rings. The lowest BCUT2D eigenvalue weighted by Gasteiger charge is -2.06. The topological polar surface area (TPSA) is 20.2 Å². The third-order valence-corrected chi connectivity index (χ3v) is 1.68. The number of hydrogen-bond acceptors (Lipinski definition) is 1. The molecule has 0 aromatic rings. The van der Waals surface area contributed by atoms with E-state index in [4.69, 9.17) is 16.7 Å². The molecule has 0 heterocycles. The van der Waals surface area contributed by atoms with Crippen LogP contribution in [0.4, 0.5) is 0 Å². The maximum absolute atomic E-state index is 8.45. The van der Waals surface area contributed by atoms with Crippen LogP contribution in [-0.4, -0.2) is 17.6 Å². The molecule has 0 saturated carbocycles. The first-order chi connectivity index (χ1) is 4.31. The first-order valence-corrected chi connectivity index (χ1v) is 4.01. The Balaban J connectivity index is 2.95. The van der Waals surface area contributed by atoms with Crippen LogP contribution < -0.4 is 0 Å². The number of halogens is 1. The van der Waals surface area contributed by atoms with E-state index in [1.54, 1.807) is 0 Å². The standard InChI is InChI=1S/C7H15ClO/c1-7(4-5-8)3-2-6-9/h7,9H,2-6H2,1H3. The average Bonchev–Trinajstić information content (AvgIpc) is 1.85. The van der Waals surface area contributed by atoms with Gasteiger partial charge in [0, 0.05) is 12.5 Å². The highest BCUT2D eigenvalue weighted by Gasteiger charge is 1.98. The molecule has 1 atom stereocenters. The van der Waals surface area contributed by atoms with E-state index >= 15 is 0 Å². The van der Waals surface area contributed by atoms with Gasteiger partial charge in [0.1, 0.15) is 0 Å². The lowest BCUT2D eigenvalue weighted by atomic mass is 10.0. The fourth-order valence-corrected chi connectivity index (χ4v) is 1.14. The highest BCUT2D eigenvalue weighted by atomic mass is 35.5. The predicted molar refractivity (Wildman–Crippen MR) is 40.8 cm³/mol. The zero-order valence-electron chi connectivity index (χ0n) is 5.94. The lowest BCUT2D eigenvalue weighted by molar-refractivity contribution is 0.273. The molecule has 0 aliphatic rings. The molecular formula is C7H15ClO. The Hall–Kier alpha value is 0.250. The van der Waals surface area contributed by atoms with Gasteiger partial charge in [0.15, 0.2) is 0 Å². The van der Waals surface area contributed by atoms with Crippen LogP contribution in [0, 0.1) is 5.92 Å². The van der Waals surface area contributed by atoms with Gasteiger partial charge in [0.25, 0.3) is 0 Å². The van der Waals surface area contributed by atoms with E-state index in [0.717, 1.165) is 25.1 Å². The summed E-state index contributed by atoms with van der Waals surface area (Å²) in [6.45, 7) is 2.48. The summed E-state index contributed by atoms with van der Waals surface area (Å²) in [4.78, 5) is 0. The van der Waals surface area contributed by atoms with Crippen LogP contribution in [0.5, 0.6) is 0 Å². The first-order valence-electron chi connectivity index (χ1n) is 3.48. The predicted octanol–water partition coefficient (Wildman–Crippen LogP) is 2.02. The minimum Gasteiger partial charge on any atom is -0.396 e. The molecule has 56 valence electrons. The third-order valence-electron chi connectivity index (χ3n) is 1.46. The van der Waals surface area contributed by atoms with Gasteiger partial charge in [0.2, 0.25) is 0 Å². The first kappa shape index (κ1) is 9.25. The molecule has 0 aromatic heterocycles. The molecule has 2 heteroatoms. The molecule has 0 bridgehead atoms. The van der Waals surface area contributed by atoms with Crippen molar-refractivity contribution in [1.29, 1.82) is 0 Å². The number of rotatable bonds is 5. The molecule has 0 aromatic carbocycles. The van der Waals surface area contributed by atoms with Crippen molar-refractivity contribution < 1.29 is 5.11 Å². The summed E-state index contributed by atoms with van der Waals surface area (Å²) in [5, 5.41) is 8.45. The maximum Gasteiger partial charge on any atom is 0.0431 e. The lowest BCUT2D eigenvalue weighted by Crippen LogP contribution is -1.96. The van der Waals surface area contributed by atoms with E-state index in [2.05, 4.69) is 6.92 Å². The normalized spacial score (nSPS) is 13.7. The van der Waals surface area contributed by atoms with Crippen LogP contribution in [0.3, 0.4) is 0 Å². The van der Waals surface area contributed by atoms with Crippen molar-refractivity contribution >= 4 is 11.6 Å². The van der Waals surface area contributed by atoms with Crippen molar-refractivity contribution in [2.75, 3.05) is 12.5 Å². The molecule has 0 saturated heterocycles. The minimum absolute atomic E-state index is 0.312. The van der Waals surface area contributed by atoms with E-state index in [-0.39, 0.29) is 0 Å². The fourth-order valence-electron chi connectivity index (χ4n) is 0.770. The van der Waals surface area contributed by atoms with Crippen LogP contribution in [0.1, 0.15) is 26.2 Å². The number of aliphatic hydroxyl groups is 1. The number of hydrogen-bond donors (Lipinski definition) is 1. The summed E-state index contributed by atoms with van der Waals surface area (Å²) in [6.07, 6.45) is 3.09. The van der Waals surface area contributed by atoms with Crippen LogP contribution in [-0.2, 0) is 0 Å². The smallest absolute Gasteiger partial charge is 0.0431 e. The molecule has 9 heavy (non-hydrogen) atoms. The molecule has 1 N–H and O–H groups in total. The van der Waals surface area contributed by atoms with Crippen LogP contribution in [0.25, 0.3) is 0 Å². The summed E-state index contributed by atoms with van der Waals surface area (Å²) in [7, 11) is 0. The van der Waals surface area contributed by atoms with Gasteiger partial charge in [-0.2, -0.15) is 0 Å². The summed E-state index contributed by atoms with van der Waals surface area (Å²) in [5.74, 6) is 1.42. The highest BCUT2D eigenvalue weighted by molar-refractivity contribution is 6.17. The van der Waals surface area contributed by atoms with Crippen LogP contribution >= 0.6 is 11.6 Å². The van der Waals surface area contributed by atoms with Crippen molar-refractivity contribution in [1.82, 2.24) is 0 Å². The Morgan fingerprint density at radius 1 is 1.44 bits per heavy atom. The second-order valence-corrected chi connectivity index (χ2v) is 2.83. The van der Waals surface area contributed by atoms with E-state index in [9.17, 15) is 0 Å². The van der Waals surface area contributed by atoms with E-state index in [1.165, 1.54) is 0 Å². The van der Waals surface area contributed by atoms with Crippen molar-refractivity contribution in [2.45, 2.75) is 26.2 Å². The second kappa shape index (κ2) is 6.37. The van der Waals surface area contributed by atoms with E-state index in [1.807, 2.05) is 0 Å². The third kappa shape index (κ3) is 6.13. The zero-order valence-corrected chi connectivity index (χ0v) is 6.69. The SMILES string of the molecule is CC(CCCl)CCCO. The average molecular weight is 151 g/mol. The Labute approximate surface area is 62.0 Å². The molecular weight excluding hydrogens is 136 g/mol. The van der Waals surface area contributed by atoms with Crippen molar-refractivity contribution in [3.8, 4) is 0 Å². The summed E-state index contributed by atoms with van der Waals surface area (Å²) < 4.78 is 0. The molecule has 1 nitrogen and oxygen atoms in total. The largest absolute Gasteiger partial charge is 0.396 e.